The van der Waals surface area contributed by atoms with E-state index in [0.29, 0.717) is 31.5 Å². The number of sulfonamides is 1. The number of nitrogens with zero attached hydrogens (tertiary/aromatic N) is 2. The standard InChI is InChI=1S/C22H33N3O5S/c1-5-6-13-24(3)22(27)18-11-14-25(15-12-18)21(26)10-8-17-7-9-19(30-4)20(16-17)31(28,29)23-2/h7-10,16,18,23H,5-6,11-15H2,1-4H3/b10-8+. The number of methoxy groups -OCH3 is 1. The van der Waals surface area contributed by atoms with Gasteiger partial charge >= 0.3 is 0 Å². The maximum atomic E-state index is 12.6. The molecule has 31 heavy (non-hydrogen) atoms. The molecular weight excluding hydrogens is 418 g/mol. The van der Waals surface area contributed by atoms with Crippen LogP contribution in [0.3, 0.4) is 0 Å². The summed E-state index contributed by atoms with van der Waals surface area (Å²) in [6.45, 7) is 3.93. The SMILES string of the molecule is CCCCN(C)C(=O)C1CCN(C(=O)/C=C/c2ccc(OC)c(S(=O)(=O)NC)c2)CC1. The zero-order chi connectivity index (χ0) is 23.0. The van der Waals surface area contributed by atoms with Gasteiger partial charge < -0.3 is 14.5 Å². The minimum atomic E-state index is -3.69. The number of carbonyl (C=O) groups is 2. The van der Waals surface area contributed by atoms with Gasteiger partial charge in [-0.05, 0) is 50.1 Å². The molecule has 9 heteroatoms. The summed E-state index contributed by atoms with van der Waals surface area (Å²) < 4.78 is 31.8. The van der Waals surface area contributed by atoms with Crippen LogP contribution in [0.5, 0.6) is 5.75 Å². The van der Waals surface area contributed by atoms with E-state index in [0.717, 1.165) is 19.4 Å². The normalized spacial score (nSPS) is 15.3. The van der Waals surface area contributed by atoms with Crippen molar-refractivity contribution >= 4 is 27.9 Å². The van der Waals surface area contributed by atoms with E-state index in [1.807, 2.05) is 7.05 Å². The van der Waals surface area contributed by atoms with Gasteiger partial charge in [-0.1, -0.05) is 19.4 Å². The minimum Gasteiger partial charge on any atom is -0.495 e. The average molecular weight is 452 g/mol. The van der Waals surface area contributed by atoms with Gasteiger partial charge in [0.15, 0.2) is 0 Å². The number of hydrogen-bond donors (Lipinski definition) is 1. The highest BCUT2D eigenvalue weighted by molar-refractivity contribution is 7.89. The summed E-state index contributed by atoms with van der Waals surface area (Å²) in [5, 5.41) is 0. The first kappa shape index (κ1) is 24.9. The maximum absolute atomic E-state index is 12.6. The van der Waals surface area contributed by atoms with Crippen molar-refractivity contribution in [2.45, 2.75) is 37.5 Å². The van der Waals surface area contributed by atoms with Crippen LogP contribution in [0.25, 0.3) is 6.08 Å². The quantitative estimate of drug-likeness (QED) is 0.580. The molecule has 1 aliphatic heterocycles. The summed E-state index contributed by atoms with van der Waals surface area (Å²) >= 11 is 0. The molecule has 0 spiro atoms. The number of amides is 2. The molecule has 0 unspecified atom stereocenters. The number of unbranched alkanes of at least 4 members (excludes halogenated alkanes) is 1. The van der Waals surface area contributed by atoms with Crippen LogP contribution in [0.4, 0.5) is 0 Å². The zero-order valence-electron chi connectivity index (χ0n) is 18.8. The van der Waals surface area contributed by atoms with Crippen molar-refractivity contribution in [2.24, 2.45) is 5.92 Å². The van der Waals surface area contributed by atoms with E-state index in [1.54, 1.807) is 28.0 Å². The number of likely N-dealkylation sites (tertiary alicyclic amines) is 1. The van der Waals surface area contributed by atoms with Gasteiger partial charge in [0.25, 0.3) is 0 Å². The first-order chi connectivity index (χ1) is 14.7. The average Bonchev–Trinajstić information content (AvgIpc) is 2.80. The molecule has 2 amide bonds. The number of hydrogen-bond acceptors (Lipinski definition) is 5. The van der Waals surface area contributed by atoms with Crippen molar-refractivity contribution in [3.05, 3.63) is 29.8 Å². The predicted octanol–water partition coefficient (Wildman–Crippen LogP) is 2.11. The molecule has 0 bridgehead atoms. The molecule has 1 aliphatic rings. The fourth-order valence-corrected chi connectivity index (χ4v) is 4.48. The van der Waals surface area contributed by atoms with Gasteiger partial charge in [0, 0.05) is 38.7 Å². The zero-order valence-corrected chi connectivity index (χ0v) is 19.6. The molecular formula is C22H33N3O5S. The molecule has 0 atom stereocenters. The summed E-state index contributed by atoms with van der Waals surface area (Å²) in [6.07, 6.45) is 6.38. The Morgan fingerprint density at radius 2 is 1.97 bits per heavy atom. The number of rotatable bonds is 9. The van der Waals surface area contributed by atoms with Gasteiger partial charge in [-0.3, -0.25) is 9.59 Å². The van der Waals surface area contributed by atoms with Crippen molar-refractivity contribution in [1.29, 1.82) is 0 Å². The van der Waals surface area contributed by atoms with Crippen LogP contribution in [0.2, 0.25) is 0 Å². The van der Waals surface area contributed by atoms with E-state index >= 15 is 0 Å². The molecule has 0 aliphatic carbocycles. The lowest BCUT2D eigenvalue weighted by molar-refractivity contribution is -0.138. The fraction of sp³-hybridized carbons (Fsp3) is 0.545. The second-order valence-electron chi connectivity index (χ2n) is 7.66. The second-order valence-corrected chi connectivity index (χ2v) is 9.52. The first-order valence-electron chi connectivity index (χ1n) is 10.6. The number of nitrogens with one attached hydrogen (secondary N) is 1. The Bertz CT molecular complexity index is 906. The van der Waals surface area contributed by atoms with Crippen LogP contribution < -0.4 is 9.46 Å². The van der Waals surface area contributed by atoms with Crippen LogP contribution in [0, 0.1) is 5.92 Å². The third kappa shape index (κ3) is 6.54. The lowest BCUT2D eigenvalue weighted by atomic mass is 9.95. The Balaban J connectivity index is 1.99. The molecule has 1 saturated heterocycles. The fourth-order valence-electron chi connectivity index (χ4n) is 3.55. The van der Waals surface area contributed by atoms with Crippen LogP contribution in [0.15, 0.2) is 29.2 Å². The summed E-state index contributed by atoms with van der Waals surface area (Å²) in [6, 6.07) is 4.71. The minimum absolute atomic E-state index is 0.0126. The third-order valence-electron chi connectivity index (χ3n) is 5.54. The van der Waals surface area contributed by atoms with Gasteiger partial charge in [-0.2, -0.15) is 0 Å². The van der Waals surface area contributed by atoms with Crippen molar-refractivity contribution in [3.63, 3.8) is 0 Å². The largest absolute Gasteiger partial charge is 0.495 e. The topological polar surface area (TPSA) is 96.0 Å². The Kier molecular flexibility index (Phi) is 9.06. The van der Waals surface area contributed by atoms with E-state index in [-0.39, 0.29) is 28.4 Å². The molecule has 172 valence electrons. The molecule has 8 nitrogen and oxygen atoms in total. The highest BCUT2D eigenvalue weighted by Crippen LogP contribution is 2.25. The Hall–Kier alpha value is -2.39. The van der Waals surface area contributed by atoms with E-state index in [4.69, 9.17) is 4.74 Å². The van der Waals surface area contributed by atoms with E-state index in [2.05, 4.69) is 11.6 Å². The van der Waals surface area contributed by atoms with Gasteiger partial charge in [-0.15, -0.1) is 0 Å². The van der Waals surface area contributed by atoms with Crippen molar-refractivity contribution in [1.82, 2.24) is 14.5 Å². The molecule has 0 aromatic heterocycles. The lowest BCUT2D eigenvalue weighted by Crippen LogP contribution is -2.43. The lowest BCUT2D eigenvalue weighted by Gasteiger charge is -2.32. The van der Waals surface area contributed by atoms with Crippen LogP contribution in [0.1, 0.15) is 38.2 Å². The van der Waals surface area contributed by atoms with Crippen molar-refractivity contribution in [2.75, 3.05) is 40.8 Å². The Morgan fingerprint density at radius 3 is 2.55 bits per heavy atom. The van der Waals surface area contributed by atoms with Gasteiger partial charge in [0.05, 0.1) is 7.11 Å². The van der Waals surface area contributed by atoms with Crippen LogP contribution in [-0.2, 0) is 19.6 Å². The van der Waals surface area contributed by atoms with Crippen LogP contribution in [-0.4, -0.2) is 70.9 Å². The summed E-state index contributed by atoms with van der Waals surface area (Å²) in [4.78, 5) is 28.6. The molecule has 1 fully saturated rings. The first-order valence-corrected chi connectivity index (χ1v) is 12.0. The second kappa shape index (κ2) is 11.3. The number of piperidine rings is 1. The van der Waals surface area contributed by atoms with Gasteiger partial charge in [-0.25, -0.2) is 13.1 Å². The third-order valence-corrected chi connectivity index (χ3v) is 6.98. The molecule has 2 rings (SSSR count). The van der Waals surface area contributed by atoms with E-state index in [1.165, 1.54) is 26.3 Å². The summed E-state index contributed by atoms with van der Waals surface area (Å²) in [5.74, 6) is 0.200. The van der Waals surface area contributed by atoms with Gasteiger partial charge in [0.1, 0.15) is 10.6 Å². The molecule has 1 N–H and O–H groups in total. The van der Waals surface area contributed by atoms with Crippen LogP contribution >= 0.6 is 0 Å². The Labute approximate surface area is 185 Å². The molecule has 0 radical (unpaired) electrons. The highest BCUT2D eigenvalue weighted by Gasteiger charge is 2.28. The van der Waals surface area contributed by atoms with Crippen molar-refractivity contribution < 1.29 is 22.7 Å². The van der Waals surface area contributed by atoms with E-state index in [9.17, 15) is 18.0 Å². The molecule has 0 saturated carbocycles. The number of carbonyl (C=O) groups excluding carboxylic acids is 2. The number of ether oxygens (including phenoxy) is 1. The van der Waals surface area contributed by atoms with E-state index < -0.39 is 10.0 Å². The predicted molar refractivity (Wildman–Crippen MR) is 120 cm³/mol. The summed E-state index contributed by atoms with van der Waals surface area (Å²) in [7, 11) is 0.885. The molecule has 1 aromatic rings. The highest BCUT2D eigenvalue weighted by atomic mass is 32.2. The maximum Gasteiger partial charge on any atom is 0.246 e. The van der Waals surface area contributed by atoms with Gasteiger partial charge in [0.2, 0.25) is 21.8 Å². The molecule has 1 heterocycles. The molecule has 1 aromatic carbocycles. The van der Waals surface area contributed by atoms with Crippen molar-refractivity contribution in [3.8, 4) is 5.75 Å². The summed E-state index contributed by atoms with van der Waals surface area (Å²) in [5.41, 5.74) is 0.575. The Morgan fingerprint density at radius 1 is 1.29 bits per heavy atom. The smallest absolute Gasteiger partial charge is 0.246 e. The number of benzene rings is 1. The monoisotopic (exact) mass is 451 g/mol.